The van der Waals surface area contributed by atoms with Crippen LogP contribution in [0, 0.1) is 0 Å². The lowest BCUT2D eigenvalue weighted by molar-refractivity contribution is -0.118. The Kier molecular flexibility index (Phi) is 2.88. The van der Waals surface area contributed by atoms with Gasteiger partial charge in [0.15, 0.2) is 0 Å². The van der Waals surface area contributed by atoms with Crippen LogP contribution < -0.4 is 5.32 Å². The summed E-state index contributed by atoms with van der Waals surface area (Å²) in [6.45, 7) is 0. The molecule has 0 saturated heterocycles. The molecule has 3 nitrogen and oxygen atoms in total. The number of fused-ring (bicyclic) bond motifs is 1. The lowest BCUT2D eigenvalue weighted by atomic mass is 9.77. The van der Waals surface area contributed by atoms with Crippen LogP contribution in [0.4, 0.5) is 5.69 Å². The third-order valence-electron chi connectivity index (χ3n) is 3.17. The Labute approximate surface area is 113 Å². The summed E-state index contributed by atoms with van der Waals surface area (Å²) in [7, 11) is 0. The van der Waals surface area contributed by atoms with Crippen LogP contribution >= 0.6 is 15.9 Å². The fourth-order valence-corrected chi connectivity index (χ4v) is 2.41. The van der Waals surface area contributed by atoms with Crippen LogP contribution in [0.5, 0.6) is 0 Å². The molecule has 0 spiro atoms. The molecule has 1 heterocycles. The molecule has 0 aliphatic heterocycles. The number of amides is 1. The molecule has 1 amide bonds. The number of hydrogen-bond donors (Lipinski definition) is 1. The maximum Gasteiger partial charge on any atom is 0.232 e. The number of nitrogens with zero attached hydrogens (tertiary/aromatic N) is 1. The predicted octanol–water partition coefficient (Wildman–Crippen LogP) is 3.12. The average molecular weight is 303 g/mol. The van der Waals surface area contributed by atoms with Gasteiger partial charge in [-0.05, 0) is 45.6 Å². The topological polar surface area (TPSA) is 42.0 Å². The number of aromatic nitrogens is 1. The van der Waals surface area contributed by atoms with Crippen LogP contribution in [-0.2, 0) is 11.2 Å². The molecule has 0 bridgehead atoms. The van der Waals surface area contributed by atoms with E-state index in [0.29, 0.717) is 0 Å². The van der Waals surface area contributed by atoms with E-state index >= 15 is 0 Å². The van der Waals surface area contributed by atoms with Crippen molar-refractivity contribution >= 4 is 27.5 Å². The van der Waals surface area contributed by atoms with E-state index in [1.165, 1.54) is 5.56 Å². The van der Waals surface area contributed by atoms with Gasteiger partial charge in [0.05, 0.1) is 17.8 Å². The van der Waals surface area contributed by atoms with Crippen LogP contribution in [-0.4, -0.2) is 10.9 Å². The number of nitrogens with one attached hydrogen (secondary N) is 1. The maximum absolute atomic E-state index is 12.1. The van der Waals surface area contributed by atoms with Crippen molar-refractivity contribution in [1.82, 2.24) is 4.98 Å². The van der Waals surface area contributed by atoms with E-state index in [9.17, 15) is 4.79 Å². The SMILES string of the molecule is O=C(Nc1ccc(Br)nc1)C1Cc2ccccc21. The molecule has 18 heavy (non-hydrogen) atoms. The molecule has 2 aromatic rings. The molecule has 0 fully saturated rings. The molecular formula is C14H11BrN2O. The lowest BCUT2D eigenvalue weighted by Crippen LogP contribution is -2.30. The van der Waals surface area contributed by atoms with E-state index in [1.807, 2.05) is 30.3 Å². The minimum Gasteiger partial charge on any atom is -0.324 e. The van der Waals surface area contributed by atoms with Crippen molar-refractivity contribution in [2.45, 2.75) is 12.3 Å². The molecule has 1 aliphatic rings. The molecule has 0 saturated carbocycles. The Balaban J connectivity index is 1.72. The van der Waals surface area contributed by atoms with E-state index in [2.05, 4.69) is 32.3 Å². The first-order chi connectivity index (χ1) is 8.74. The van der Waals surface area contributed by atoms with Gasteiger partial charge in [0.1, 0.15) is 4.60 Å². The predicted molar refractivity (Wildman–Crippen MR) is 73.5 cm³/mol. The number of pyridine rings is 1. The Hall–Kier alpha value is -1.68. The van der Waals surface area contributed by atoms with Crippen molar-refractivity contribution in [1.29, 1.82) is 0 Å². The fraction of sp³-hybridized carbons (Fsp3) is 0.143. The van der Waals surface area contributed by atoms with Gasteiger partial charge >= 0.3 is 0 Å². The van der Waals surface area contributed by atoms with Crippen molar-refractivity contribution in [3.05, 3.63) is 58.3 Å². The quantitative estimate of drug-likeness (QED) is 0.866. The number of benzene rings is 1. The number of hydrogen-bond acceptors (Lipinski definition) is 2. The van der Waals surface area contributed by atoms with Gasteiger partial charge in [-0.2, -0.15) is 0 Å². The zero-order valence-electron chi connectivity index (χ0n) is 9.56. The van der Waals surface area contributed by atoms with E-state index < -0.39 is 0 Å². The van der Waals surface area contributed by atoms with Crippen LogP contribution in [0.1, 0.15) is 17.0 Å². The van der Waals surface area contributed by atoms with Gasteiger partial charge < -0.3 is 5.32 Å². The highest BCUT2D eigenvalue weighted by atomic mass is 79.9. The Morgan fingerprint density at radius 2 is 2.11 bits per heavy atom. The van der Waals surface area contributed by atoms with Gasteiger partial charge in [0.2, 0.25) is 5.91 Å². The number of carbonyl (C=O) groups excluding carboxylic acids is 1. The molecular weight excluding hydrogens is 292 g/mol. The molecule has 1 unspecified atom stereocenters. The summed E-state index contributed by atoms with van der Waals surface area (Å²) in [5.74, 6) is 0.0164. The molecule has 4 heteroatoms. The number of rotatable bonds is 2. The van der Waals surface area contributed by atoms with Gasteiger partial charge in [0, 0.05) is 0 Å². The van der Waals surface area contributed by atoms with Crippen LogP contribution in [0.15, 0.2) is 47.2 Å². The third kappa shape index (κ3) is 2.04. The van der Waals surface area contributed by atoms with Crippen molar-refractivity contribution < 1.29 is 4.79 Å². The second kappa shape index (κ2) is 4.53. The Bertz CT molecular complexity index is 595. The summed E-state index contributed by atoms with van der Waals surface area (Å²) in [6, 6.07) is 11.7. The van der Waals surface area contributed by atoms with Crippen LogP contribution in [0.2, 0.25) is 0 Å². The second-order valence-electron chi connectivity index (χ2n) is 4.31. The van der Waals surface area contributed by atoms with Crippen LogP contribution in [0.3, 0.4) is 0 Å². The standard InChI is InChI=1S/C14H11BrN2O/c15-13-6-5-10(8-16-13)17-14(18)12-7-9-3-1-2-4-11(9)12/h1-6,8,12H,7H2,(H,17,18). The summed E-state index contributed by atoms with van der Waals surface area (Å²) in [6.07, 6.45) is 2.47. The highest BCUT2D eigenvalue weighted by molar-refractivity contribution is 9.10. The zero-order chi connectivity index (χ0) is 12.5. The van der Waals surface area contributed by atoms with E-state index in [4.69, 9.17) is 0 Å². The average Bonchev–Trinajstić information content (AvgIpc) is 2.34. The minimum absolute atomic E-state index is 0.0233. The molecule has 90 valence electrons. The smallest absolute Gasteiger partial charge is 0.232 e. The highest BCUT2D eigenvalue weighted by Gasteiger charge is 2.31. The number of halogens is 1. The van der Waals surface area contributed by atoms with E-state index in [-0.39, 0.29) is 11.8 Å². The summed E-state index contributed by atoms with van der Waals surface area (Å²) >= 11 is 3.26. The lowest BCUT2D eigenvalue weighted by Gasteiger charge is -2.28. The largest absolute Gasteiger partial charge is 0.324 e. The highest BCUT2D eigenvalue weighted by Crippen LogP contribution is 2.35. The van der Waals surface area contributed by atoms with Gasteiger partial charge in [-0.25, -0.2) is 4.98 Å². The molecule has 1 atom stereocenters. The molecule has 1 aromatic carbocycles. The summed E-state index contributed by atoms with van der Waals surface area (Å²) in [5.41, 5.74) is 3.14. The summed E-state index contributed by atoms with van der Waals surface area (Å²) < 4.78 is 0.759. The first-order valence-corrected chi connectivity index (χ1v) is 6.53. The van der Waals surface area contributed by atoms with Gasteiger partial charge in [-0.3, -0.25) is 4.79 Å². The van der Waals surface area contributed by atoms with Gasteiger partial charge in [-0.1, -0.05) is 24.3 Å². The number of carbonyl (C=O) groups is 1. The second-order valence-corrected chi connectivity index (χ2v) is 5.13. The van der Waals surface area contributed by atoms with Gasteiger partial charge in [0.25, 0.3) is 0 Å². The molecule has 1 N–H and O–H groups in total. The fourth-order valence-electron chi connectivity index (χ4n) is 2.17. The first-order valence-electron chi connectivity index (χ1n) is 5.74. The molecule has 1 aliphatic carbocycles. The van der Waals surface area contributed by atoms with Crippen molar-refractivity contribution in [2.24, 2.45) is 0 Å². The van der Waals surface area contributed by atoms with Crippen molar-refractivity contribution in [3.8, 4) is 0 Å². The Morgan fingerprint density at radius 3 is 2.83 bits per heavy atom. The minimum atomic E-state index is -0.0233. The van der Waals surface area contributed by atoms with Crippen molar-refractivity contribution in [3.63, 3.8) is 0 Å². The normalized spacial score (nSPS) is 16.6. The number of anilines is 1. The summed E-state index contributed by atoms with van der Waals surface area (Å²) in [5, 5.41) is 2.89. The molecule has 1 aromatic heterocycles. The summed E-state index contributed by atoms with van der Waals surface area (Å²) in [4.78, 5) is 16.2. The maximum atomic E-state index is 12.1. The third-order valence-corrected chi connectivity index (χ3v) is 3.64. The van der Waals surface area contributed by atoms with E-state index in [0.717, 1.165) is 22.3 Å². The van der Waals surface area contributed by atoms with Crippen molar-refractivity contribution in [2.75, 3.05) is 5.32 Å². The molecule has 0 radical (unpaired) electrons. The monoisotopic (exact) mass is 302 g/mol. The Morgan fingerprint density at radius 1 is 1.28 bits per heavy atom. The van der Waals surface area contributed by atoms with E-state index in [1.54, 1.807) is 6.20 Å². The van der Waals surface area contributed by atoms with Crippen LogP contribution in [0.25, 0.3) is 0 Å². The molecule has 3 rings (SSSR count). The zero-order valence-corrected chi connectivity index (χ0v) is 11.1. The first kappa shape index (κ1) is 11.4. The van der Waals surface area contributed by atoms with Gasteiger partial charge in [-0.15, -0.1) is 0 Å².